The van der Waals surface area contributed by atoms with Crippen LogP contribution in [0.15, 0.2) is 12.1 Å². The molecule has 0 spiro atoms. The zero-order valence-electron chi connectivity index (χ0n) is 14.2. The predicted octanol–water partition coefficient (Wildman–Crippen LogP) is 2.64. The van der Waals surface area contributed by atoms with E-state index in [-0.39, 0.29) is 6.04 Å². The molecule has 2 N–H and O–H groups in total. The van der Waals surface area contributed by atoms with Gasteiger partial charge in [0, 0.05) is 38.8 Å². The number of nitrogens with zero attached hydrogens (tertiary/aromatic N) is 2. The number of aryl methyl sites for hydroxylation is 3. The SMILES string of the molecule is CCCN1CCN(CC(N)c2c(C)cc(C)cc2C)CC1. The van der Waals surface area contributed by atoms with Crippen molar-refractivity contribution in [3.8, 4) is 0 Å². The Bertz CT molecular complexity index is 439. The number of piperazine rings is 1. The monoisotopic (exact) mass is 289 g/mol. The van der Waals surface area contributed by atoms with Crippen LogP contribution in [0.2, 0.25) is 0 Å². The Hall–Kier alpha value is -0.900. The zero-order chi connectivity index (χ0) is 15.4. The fourth-order valence-corrected chi connectivity index (χ4v) is 3.66. The summed E-state index contributed by atoms with van der Waals surface area (Å²) in [6.07, 6.45) is 1.25. The number of benzene rings is 1. The maximum Gasteiger partial charge on any atom is 0.0429 e. The molecule has 2 rings (SSSR count). The van der Waals surface area contributed by atoms with Crippen molar-refractivity contribution in [3.05, 3.63) is 34.4 Å². The first-order chi connectivity index (χ1) is 10.0. The molecule has 3 heteroatoms. The largest absolute Gasteiger partial charge is 0.323 e. The summed E-state index contributed by atoms with van der Waals surface area (Å²) in [5.41, 5.74) is 11.9. The van der Waals surface area contributed by atoms with Gasteiger partial charge in [-0.1, -0.05) is 24.6 Å². The summed E-state index contributed by atoms with van der Waals surface area (Å²) in [6, 6.07) is 4.63. The van der Waals surface area contributed by atoms with Gasteiger partial charge in [0.05, 0.1) is 0 Å². The van der Waals surface area contributed by atoms with Gasteiger partial charge >= 0.3 is 0 Å². The lowest BCUT2D eigenvalue weighted by Gasteiger charge is -2.36. The minimum Gasteiger partial charge on any atom is -0.323 e. The molecule has 0 amide bonds. The van der Waals surface area contributed by atoms with Crippen LogP contribution >= 0.6 is 0 Å². The summed E-state index contributed by atoms with van der Waals surface area (Å²) in [5, 5.41) is 0. The lowest BCUT2D eigenvalue weighted by atomic mass is 9.94. The van der Waals surface area contributed by atoms with Gasteiger partial charge in [-0.2, -0.15) is 0 Å². The fraction of sp³-hybridized carbons (Fsp3) is 0.667. The third kappa shape index (κ3) is 4.29. The molecule has 1 aliphatic heterocycles. The Labute approximate surface area is 130 Å². The second kappa shape index (κ2) is 7.39. The molecule has 1 fully saturated rings. The molecule has 1 saturated heterocycles. The summed E-state index contributed by atoms with van der Waals surface area (Å²) in [5.74, 6) is 0. The first kappa shape index (κ1) is 16.5. The summed E-state index contributed by atoms with van der Waals surface area (Å²) in [6.45, 7) is 15.7. The van der Waals surface area contributed by atoms with Crippen molar-refractivity contribution < 1.29 is 0 Å². The van der Waals surface area contributed by atoms with Crippen molar-refractivity contribution in [3.63, 3.8) is 0 Å². The molecule has 3 nitrogen and oxygen atoms in total. The Morgan fingerprint density at radius 1 is 1.00 bits per heavy atom. The molecule has 1 atom stereocenters. The zero-order valence-corrected chi connectivity index (χ0v) is 14.2. The normalized spacial score (nSPS) is 18.9. The van der Waals surface area contributed by atoms with Crippen molar-refractivity contribution in [1.29, 1.82) is 0 Å². The number of hydrogen-bond acceptors (Lipinski definition) is 3. The van der Waals surface area contributed by atoms with Gasteiger partial charge in [-0.3, -0.25) is 4.90 Å². The third-order valence-electron chi connectivity index (χ3n) is 4.57. The number of rotatable bonds is 5. The minimum absolute atomic E-state index is 0.128. The Morgan fingerprint density at radius 3 is 2.05 bits per heavy atom. The highest BCUT2D eigenvalue weighted by Gasteiger charge is 2.20. The molecule has 21 heavy (non-hydrogen) atoms. The molecule has 1 heterocycles. The highest BCUT2D eigenvalue weighted by atomic mass is 15.3. The van der Waals surface area contributed by atoms with Gasteiger partial charge in [0.2, 0.25) is 0 Å². The average molecular weight is 289 g/mol. The highest BCUT2D eigenvalue weighted by Crippen LogP contribution is 2.23. The predicted molar refractivity (Wildman–Crippen MR) is 90.8 cm³/mol. The van der Waals surface area contributed by atoms with Crippen LogP contribution in [0.4, 0.5) is 0 Å². The maximum absolute atomic E-state index is 6.52. The van der Waals surface area contributed by atoms with Gasteiger partial charge in [-0.25, -0.2) is 0 Å². The van der Waals surface area contributed by atoms with Crippen molar-refractivity contribution in [2.75, 3.05) is 39.3 Å². The topological polar surface area (TPSA) is 32.5 Å². The standard InChI is InChI=1S/C18H31N3/c1-5-6-20-7-9-21(10-8-20)13-17(19)18-15(3)11-14(2)12-16(18)4/h11-12,17H,5-10,13,19H2,1-4H3. The van der Waals surface area contributed by atoms with E-state index in [2.05, 4.69) is 49.6 Å². The van der Waals surface area contributed by atoms with E-state index in [9.17, 15) is 0 Å². The van der Waals surface area contributed by atoms with Gasteiger partial charge in [-0.05, 0) is 50.4 Å². The molecule has 0 saturated carbocycles. The smallest absolute Gasteiger partial charge is 0.0429 e. The summed E-state index contributed by atoms with van der Waals surface area (Å²) >= 11 is 0. The number of nitrogens with two attached hydrogens (primary N) is 1. The fourth-order valence-electron chi connectivity index (χ4n) is 3.66. The van der Waals surface area contributed by atoms with Crippen molar-refractivity contribution in [2.45, 2.75) is 40.2 Å². The van der Waals surface area contributed by atoms with E-state index in [4.69, 9.17) is 5.73 Å². The van der Waals surface area contributed by atoms with Crippen molar-refractivity contribution in [2.24, 2.45) is 5.73 Å². The Balaban J connectivity index is 1.95. The second-order valence-electron chi connectivity index (χ2n) is 6.56. The summed E-state index contributed by atoms with van der Waals surface area (Å²) in [4.78, 5) is 5.08. The van der Waals surface area contributed by atoms with Crippen LogP contribution < -0.4 is 5.73 Å². The molecular formula is C18H31N3. The molecule has 1 aromatic carbocycles. The molecule has 118 valence electrons. The van der Waals surface area contributed by atoms with Gasteiger partial charge in [0.1, 0.15) is 0 Å². The quantitative estimate of drug-likeness (QED) is 0.904. The van der Waals surface area contributed by atoms with Gasteiger partial charge in [0.15, 0.2) is 0 Å². The van der Waals surface area contributed by atoms with Gasteiger partial charge in [-0.15, -0.1) is 0 Å². The molecular weight excluding hydrogens is 258 g/mol. The molecule has 1 aliphatic rings. The first-order valence-electron chi connectivity index (χ1n) is 8.29. The summed E-state index contributed by atoms with van der Waals surface area (Å²) < 4.78 is 0. The minimum atomic E-state index is 0.128. The van der Waals surface area contributed by atoms with Crippen LogP contribution in [0.1, 0.15) is 41.6 Å². The van der Waals surface area contributed by atoms with Gasteiger partial charge in [0.25, 0.3) is 0 Å². The van der Waals surface area contributed by atoms with Crippen LogP contribution in [0, 0.1) is 20.8 Å². The van der Waals surface area contributed by atoms with E-state index in [1.165, 1.54) is 48.3 Å². The molecule has 0 aliphatic carbocycles. The van der Waals surface area contributed by atoms with Crippen LogP contribution in [0.5, 0.6) is 0 Å². The van der Waals surface area contributed by atoms with Crippen molar-refractivity contribution >= 4 is 0 Å². The Morgan fingerprint density at radius 2 is 1.52 bits per heavy atom. The van der Waals surface area contributed by atoms with E-state index in [0.29, 0.717) is 0 Å². The van der Waals surface area contributed by atoms with E-state index >= 15 is 0 Å². The van der Waals surface area contributed by atoms with Crippen LogP contribution in [0.25, 0.3) is 0 Å². The lowest BCUT2D eigenvalue weighted by Crippen LogP contribution is -2.48. The van der Waals surface area contributed by atoms with Crippen molar-refractivity contribution in [1.82, 2.24) is 9.80 Å². The molecule has 0 radical (unpaired) electrons. The van der Waals surface area contributed by atoms with Crippen LogP contribution in [0.3, 0.4) is 0 Å². The van der Waals surface area contributed by atoms with Gasteiger partial charge < -0.3 is 10.6 Å². The van der Waals surface area contributed by atoms with Crippen LogP contribution in [-0.4, -0.2) is 49.1 Å². The molecule has 1 aromatic rings. The average Bonchev–Trinajstić information content (AvgIpc) is 2.40. The molecule has 0 bridgehead atoms. The second-order valence-corrected chi connectivity index (χ2v) is 6.56. The summed E-state index contributed by atoms with van der Waals surface area (Å²) in [7, 11) is 0. The number of hydrogen-bond donors (Lipinski definition) is 1. The highest BCUT2D eigenvalue weighted by molar-refractivity contribution is 5.39. The maximum atomic E-state index is 6.52. The van der Waals surface area contributed by atoms with E-state index in [0.717, 1.165) is 19.6 Å². The molecule has 0 aromatic heterocycles. The first-order valence-corrected chi connectivity index (χ1v) is 8.29. The lowest BCUT2D eigenvalue weighted by molar-refractivity contribution is 0.127. The van der Waals surface area contributed by atoms with Crippen LogP contribution in [-0.2, 0) is 0 Å². The van der Waals surface area contributed by atoms with E-state index in [1.807, 2.05) is 0 Å². The van der Waals surface area contributed by atoms with E-state index in [1.54, 1.807) is 0 Å². The molecule has 1 unspecified atom stereocenters. The third-order valence-corrected chi connectivity index (χ3v) is 4.57. The van der Waals surface area contributed by atoms with E-state index < -0.39 is 0 Å². The Kier molecular flexibility index (Phi) is 5.80.